The second-order valence-corrected chi connectivity index (χ2v) is 6.94. The lowest BCUT2D eigenvalue weighted by molar-refractivity contribution is -0.142. The number of piperidine rings is 1. The molecule has 2 aliphatic rings. The standard InChI is InChI=1S/C15H28N2O/c1-14(2,12-16)13(18)17-10-8-15(9-11-17)6-4-3-5-7-15/h3-12,16H2,1-2H3. The largest absolute Gasteiger partial charge is 0.342 e. The van der Waals surface area contributed by atoms with E-state index in [0.29, 0.717) is 12.0 Å². The maximum atomic E-state index is 12.4. The van der Waals surface area contributed by atoms with Crippen molar-refractivity contribution in [3.63, 3.8) is 0 Å². The van der Waals surface area contributed by atoms with E-state index < -0.39 is 5.41 Å². The van der Waals surface area contributed by atoms with Gasteiger partial charge in [0.05, 0.1) is 5.41 Å². The lowest BCUT2D eigenvalue weighted by Crippen LogP contribution is -2.50. The van der Waals surface area contributed by atoms with E-state index in [2.05, 4.69) is 0 Å². The van der Waals surface area contributed by atoms with Gasteiger partial charge in [-0.3, -0.25) is 4.79 Å². The van der Waals surface area contributed by atoms with Gasteiger partial charge in [-0.1, -0.05) is 19.3 Å². The predicted molar refractivity (Wildman–Crippen MR) is 74.2 cm³/mol. The first-order chi connectivity index (χ1) is 8.49. The number of nitrogens with zero attached hydrogens (tertiary/aromatic N) is 1. The fraction of sp³-hybridized carbons (Fsp3) is 0.933. The molecule has 2 fully saturated rings. The van der Waals surface area contributed by atoms with E-state index in [-0.39, 0.29) is 5.91 Å². The fourth-order valence-corrected chi connectivity index (χ4v) is 3.50. The summed E-state index contributed by atoms with van der Waals surface area (Å²) in [5.41, 5.74) is 5.88. The van der Waals surface area contributed by atoms with E-state index in [1.165, 1.54) is 44.9 Å². The third-order valence-corrected chi connectivity index (χ3v) is 5.11. The molecule has 1 amide bonds. The van der Waals surface area contributed by atoms with Gasteiger partial charge in [0.15, 0.2) is 0 Å². The van der Waals surface area contributed by atoms with Crippen LogP contribution in [0.1, 0.15) is 58.8 Å². The van der Waals surface area contributed by atoms with E-state index >= 15 is 0 Å². The topological polar surface area (TPSA) is 46.3 Å². The van der Waals surface area contributed by atoms with Crippen molar-refractivity contribution in [2.45, 2.75) is 58.8 Å². The molecule has 1 heterocycles. The molecule has 1 spiro atoms. The Kier molecular flexibility index (Phi) is 4.00. The third-order valence-electron chi connectivity index (χ3n) is 5.11. The minimum Gasteiger partial charge on any atom is -0.342 e. The van der Waals surface area contributed by atoms with Crippen LogP contribution in [0.3, 0.4) is 0 Å². The molecule has 3 heteroatoms. The minimum absolute atomic E-state index is 0.246. The van der Waals surface area contributed by atoms with Crippen molar-refractivity contribution in [3.8, 4) is 0 Å². The predicted octanol–water partition coefficient (Wildman–Crippen LogP) is 2.54. The van der Waals surface area contributed by atoms with E-state index in [9.17, 15) is 4.79 Å². The van der Waals surface area contributed by atoms with Crippen LogP contribution in [0.2, 0.25) is 0 Å². The number of amides is 1. The van der Waals surface area contributed by atoms with Crippen LogP contribution in [0.25, 0.3) is 0 Å². The lowest BCUT2D eigenvalue weighted by Gasteiger charge is -2.45. The lowest BCUT2D eigenvalue weighted by atomic mass is 9.68. The molecule has 1 aliphatic heterocycles. The summed E-state index contributed by atoms with van der Waals surface area (Å²) in [7, 11) is 0. The monoisotopic (exact) mass is 252 g/mol. The number of hydrogen-bond acceptors (Lipinski definition) is 2. The van der Waals surface area contributed by atoms with Crippen LogP contribution in [-0.4, -0.2) is 30.4 Å². The molecule has 0 unspecified atom stereocenters. The van der Waals surface area contributed by atoms with Gasteiger partial charge in [0.25, 0.3) is 0 Å². The summed E-state index contributed by atoms with van der Waals surface area (Å²) in [4.78, 5) is 14.4. The average Bonchev–Trinajstić information content (AvgIpc) is 2.40. The Morgan fingerprint density at radius 1 is 1.11 bits per heavy atom. The molecule has 2 N–H and O–H groups in total. The number of hydrogen-bond donors (Lipinski definition) is 1. The van der Waals surface area contributed by atoms with E-state index in [4.69, 9.17) is 5.73 Å². The van der Waals surface area contributed by atoms with Crippen LogP contribution in [0.15, 0.2) is 0 Å². The average molecular weight is 252 g/mol. The Balaban J connectivity index is 1.92. The molecule has 0 bridgehead atoms. The fourth-order valence-electron chi connectivity index (χ4n) is 3.50. The summed E-state index contributed by atoms with van der Waals surface area (Å²) in [5, 5.41) is 0. The molecule has 1 saturated carbocycles. The molecule has 0 aromatic rings. The molecular weight excluding hydrogens is 224 g/mol. The number of rotatable bonds is 2. The van der Waals surface area contributed by atoms with Crippen LogP contribution in [0.5, 0.6) is 0 Å². The summed E-state index contributed by atoms with van der Waals surface area (Å²) in [5.74, 6) is 0.246. The Bertz CT molecular complexity index is 296. The second-order valence-electron chi connectivity index (χ2n) is 6.94. The number of nitrogens with two attached hydrogens (primary N) is 1. The minimum atomic E-state index is -0.392. The zero-order valence-electron chi connectivity index (χ0n) is 12.0. The van der Waals surface area contributed by atoms with Crippen LogP contribution in [-0.2, 0) is 4.79 Å². The number of carbonyl (C=O) groups excluding carboxylic acids is 1. The van der Waals surface area contributed by atoms with Crippen molar-refractivity contribution in [1.82, 2.24) is 4.90 Å². The highest BCUT2D eigenvalue weighted by molar-refractivity contribution is 5.82. The van der Waals surface area contributed by atoms with Gasteiger partial charge in [0, 0.05) is 19.6 Å². The Hall–Kier alpha value is -0.570. The van der Waals surface area contributed by atoms with Crippen molar-refractivity contribution < 1.29 is 4.79 Å². The zero-order chi connectivity index (χ0) is 13.2. The molecule has 1 saturated heterocycles. The first-order valence-electron chi connectivity index (χ1n) is 7.49. The molecule has 1 aliphatic carbocycles. The van der Waals surface area contributed by atoms with Crippen LogP contribution < -0.4 is 5.73 Å². The first-order valence-corrected chi connectivity index (χ1v) is 7.49. The molecule has 0 aromatic heterocycles. The molecule has 0 atom stereocenters. The van der Waals surface area contributed by atoms with Crippen molar-refractivity contribution >= 4 is 5.91 Å². The highest BCUT2D eigenvalue weighted by atomic mass is 16.2. The highest BCUT2D eigenvalue weighted by Gasteiger charge is 2.39. The Morgan fingerprint density at radius 3 is 2.17 bits per heavy atom. The Morgan fingerprint density at radius 2 is 1.67 bits per heavy atom. The van der Waals surface area contributed by atoms with Crippen molar-refractivity contribution in [3.05, 3.63) is 0 Å². The normalized spacial score (nSPS) is 24.3. The molecule has 2 rings (SSSR count). The Labute approximate surface area is 111 Å². The molecule has 3 nitrogen and oxygen atoms in total. The van der Waals surface area contributed by atoms with Crippen molar-refractivity contribution in [1.29, 1.82) is 0 Å². The molecule has 18 heavy (non-hydrogen) atoms. The van der Waals surface area contributed by atoms with Crippen LogP contribution in [0.4, 0.5) is 0 Å². The van der Waals surface area contributed by atoms with Gasteiger partial charge in [-0.05, 0) is 44.9 Å². The van der Waals surface area contributed by atoms with Gasteiger partial charge in [-0.2, -0.15) is 0 Å². The summed E-state index contributed by atoms with van der Waals surface area (Å²) < 4.78 is 0. The SMILES string of the molecule is CC(C)(CN)C(=O)N1CCC2(CCCCC2)CC1. The molecule has 104 valence electrons. The molecule has 0 radical (unpaired) electrons. The quantitative estimate of drug-likeness (QED) is 0.821. The van der Waals surface area contributed by atoms with Gasteiger partial charge in [0.2, 0.25) is 5.91 Å². The van der Waals surface area contributed by atoms with Crippen LogP contribution >= 0.6 is 0 Å². The van der Waals surface area contributed by atoms with E-state index in [1.807, 2.05) is 18.7 Å². The smallest absolute Gasteiger partial charge is 0.229 e. The van der Waals surface area contributed by atoms with E-state index in [1.54, 1.807) is 0 Å². The third kappa shape index (κ3) is 2.71. The van der Waals surface area contributed by atoms with Crippen molar-refractivity contribution in [2.24, 2.45) is 16.6 Å². The summed E-state index contributed by atoms with van der Waals surface area (Å²) in [6.45, 7) is 6.25. The van der Waals surface area contributed by atoms with Gasteiger partial charge in [0.1, 0.15) is 0 Å². The van der Waals surface area contributed by atoms with E-state index in [0.717, 1.165) is 13.1 Å². The number of likely N-dealkylation sites (tertiary alicyclic amines) is 1. The van der Waals surface area contributed by atoms with Crippen molar-refractivity contribution in [2.75, 3.05) is 19.6 Å². The van der Waals surface area contributed by atoms with Crippen LogP contribution in [0, 0.1) is 10.8 Å². The molecule has 0 aromatic carbocycles. The summed E-state index contributed by atoms with van der Waals surface area (Å²) >= 11 is 0. The number of carbonyl (C=O) groups is 1. The zero-order valence-corrected chi connectivity index (χ0v) is 12.0. The summed E-state index contributed by atoms with van der Waals surface area (Å²) in [6.07, 6.45) is 9.37. The maximum Gasteiger partial charge on any atom is 0.229 e. The molecular formula is C15H28N2O. The first kappa shape index (κ1) is 13.9. The summed E-state index contributed by atoms with van der Waals surface area (Å²) in [6, 6.07) is 0. The maximum absolute atomic E-state index is 12.4. The van der Waals surface area contributed by atoms with Gasteiger partial charge >= 0.3 is 0 Å². The highest BCUT2D eigenvalue weighted by Crippen LogP contribution is 2.44. The second kappa shape index (κ2) is 5.20. The van der Waals surface area contributed by atoms with Gasteiger partial charge in [-0.15, -0.1) is 0 Å². The van der Waals surface area contributed by atoms with Gasteiger partial charge in [-0.25, -0.2) is 0 Å². The van der Waals surface area contributed by atoms with Gasteiger partial charge < -0.3 is 10.6 Å².